The largest absolute Gasteiger partial charge is 0.328 e. The van der Waals surface area contributed by atoms with Crippen LogP contribution >= 0.6 is 11.8 Å². The Morgan fingerprint density at radius 2 is 1.85 bits per heavy atom. The summed E-state index contributed by atoms with van der Waals surface area (Å²) in [4.78, 5) is 18.6. The molecule has 3 aromatic rings. The lowest BCUT2D eigenvalue weighted by Gasteiger charge is -2.18. The van der Waals surface area contributed by atoms with E-state index in [9.17, 15) is 13.2 Å². The standard InChI is InChI=1S/C24H32N4O3S2/c1-5-16-28-21-13-12-18(33(30,31)27(6-2)7-3)17-20(21)25-23(28)14-15-24(29)26-19-10-8-9-11-22(19)32-4/h8-13,17H,5-7,14-16H2,1-4H3,(H,26,29). The molecule has 2 aromatic carbocycles. The third-order valence-corrected chi connectivity index (χ3v) is 8.39. The molecule has 7 nitrogen and oxygen atoms in total. The third kappa shape index (κ3) is 5.59. The molecule has 0 radical (unpaired) electrons. The second-order valence-corrected chi connectivity index (χ2v) is 10.5. The summed E-state index contributed by atoms with van der Waals surface area (Å²) >= 11 is 1.59. The Morgan fingerprint density at radius 1 is 1.12 bits per heavy atom. The van der Waals surface area contributed by atoms with Crippen LogP contribution in [0.2, 0.25) is 0 Å². The Morgan fingerprint density at radius 3 is 2.52 bits per heavy atom. The minimum absolute atomic E-state index is 0.0728. The first kappa shape index (κ1) is 25.3. The molecule has 0 fully saturated rings. The van der Waals surface area contributed by atoms with Crippen molar-refractivity contribution in [1.82, 2.24) is 13.9 Å². The molecule has 0 unspecified atom stereocenters. The van der Waals surface area contributed by atoms with Crippen LogP contribution < -0.4 is 5.32 Å². The minimum atomic E-state index is -3.56. The van der Waals surface area contributed by atoms with Crippen molar-refractivity contribution in [3.63, 3.8) is 0 Å². The molecule has 0 aliphatic rings. The van der Waals surface area contributed by atoms with E-state index in [1.807, 2.05) is 50.4 Å². The van der Waals surface area contributed by atoms with Crippen molar-refractivity contribution in [3.05, 3.63) is 48.3 Å². The highest BCUT2D eigenvalue weighted by atomic mass is 32.2. The molecule has 3 rings (SSSR count). The van der Waals surface area contributed by atoms with Crippen LogP contribution in [0.15, 0.2) is 52.3 Å². The molecule has 0 aliphatic carbocycles. The van der Waals surface area contributed by atoms with Gasteiger partial charge in [0.2, 0.25) is 15.9 Å². The van der Waals surface area contributed by atoms with Crippen LogP contribution in [0.3, 0.4) is 0 Å². The maximum atomic E-state index is 12.9. The molecular weight excluding hydrogens is 456 g/mol. The van der Waals surface area contributed by atoms with Crippen LogP contribution in [0, 0.1) is 0 Å². The topological polar surface area (TPSA) is 84.3 Å². The van der Waals surface area contributed by atoms with E-state index in [2.05, 4.69) is 16.8 Å². The van der Waals surface area contributed by atoms with Gasteiger partial charge in [-0.2, -0.15) is 4.31 Å². The molecule has 0 spiro atoms. The first-order valence-corrected chi connectivity index (χ1v) is 13.9. The van der Waals surface area contributed by atoms with Gasteiger partial charge in [0, 0.05) is 37.4 Å². The average molecular weight is 489 g/mol. The smallest absolute Gasteiger partial charge is 0.243 e. The summed E-state index contributed by atoms with van der Waals surface area (Å²) in [7, 11) is -3.56. The van der Waals surface area contributed by atoms with Gasteiger partial charge in [0.15, 0.2) is 0 Å². The van der Waals surface area contributed by atoms with Crippen molar-refractivity contribution >= 4 is 44.4 Å². The molecule has 0 atom stereocenters. The lowest BCUT2D eigenvalue weighted by Crippen LogP contribution is -2.30. The first-order valence-electron chi connectivity index (χ1n) is 11.3. The lowest BCUT2D eigenvalue weighted by atomic mass is 10.2. The van der Waals surface area contributed by atoms with Crippen LogP contribution in [0.25, 0.3) is 11.0 Å². The van der Waals surface area contributed by atoms with Crippen molar-refractivity contribution in [2.45, 2.75) is 56.4 Å². The summed E-state index contributed by atoms with van der Waals surface area (Å²) in [5.41, 5.74) is 2.33. The van der Waals surface area contributed by atoms with Gasteiger partial charge in [0.05, 0.1) is 21.6 Å². The zero-order valence-corrected chi connectivity index (χ0v) is 21.3. The number of nitrogens with one attached hydrogen (secondary N) is 1. The van der Waals surface area contributed by atoms with Gasteiger partial charge in [-0.1, -0.05) is 32.9 Å². The second-order valence-electron chi connectivity index (χ2n) is 7.67. The molecule has 0 bridgehead atoms. The van der Waals surface area contributed by atoms with Gasteiger partial charge in [-0.3, -0.25) is 4.79 Å². The van der Waals surface area contributed by atoms with Crippen LogP contribution in [-0.2, 0) is 27.8 Å². The molecule has 0 saturated heterocycles. The summed E-state index contributed by atoms with van der Waals surface area (Å²) in [6.45, 7) is 7.33. The van der Waals surface area contributed by atoms with E-state index in [1.165, 1.54) is 4.31 Å². The van der Waals surface area contributed by atoms with Crippen LogP contribution in [0.1, 0.15) is 39.4 Å². The van der Waals surface area contributed by atoms with E-state index in [0.717, 1.165) is 34.9 Å². The predicted octanol–water partition coefficient (Wildman–Crippen LogP) is 4.77. The van der Waals surface area contributed by atoms with Gasteiger partial charge >= 0.3 is 0 Å². The average Bonchev–Trinajstić information content (AvgIpc) is 3.15. The van der Waals surface area contributed by atoms with E-state index in [-0.39, 0.29) is 10.8 Å². The number of sulfonamides is 1. The fourth-order valence-electron chi connectivity index (χ4n) is 3.88. The van der Waals surface area contributed by atoms with Gasteiger partial charge in [0.25, 0.3) is 0 Å². The highest BCUT2D eigenvalue weighted by Crippen LogP contribution is 2.26. The number of rotatable bonds is 11. The van der Waals surface area contributed by atoms with Gasteiger partial charge in [-0.25, -0.2) is 13.4 Å². The Balaban J connectivity index is 1.85. The molecule has 1 amide bonds. The third-order valence-electron chi connectivity index (χ3n) is 5.55. The highest BCUT2D eigenvalue weighted by molar-refractivity contribution is 7.98. The van der Waals surface area contributed by atoms with Crippen molar-refractivity contribution in [2.24, 2.45) is 0 Å². The SMILES string of the molecule is CCCn1c(CCC(=O)Nc2ccccc2SC)nc2cc(S(=O)(=O)N(CC)CC)ccc21. The monoisotopic (exact) mass is 488 g/mol. The fourth-order valence-corrected chi connectivity index (χ4v) is 5.91. The molecule has 1 heterocycles. The van der Waals surface area contributed by atoms with Crippen molar-refractivity contribution < 1.29 is 13.2 Å². The van der Waals surface area contributed by atoms with Crippen molar-refractivity contribution in [1.29, 1.82) is 0 Å². The maximum absolute atomic E-state index is 12.9. The van der Waals surface area contributed by atoms with Crippen molar-refractivity contribution in [3.8, 4) is 0 Å². The van der Waals surface area contributed by atoms with Gasteiger partial charge in [-0.15, -0.1) is 11.8 Å². The Hall–Kier alpha value is -2.36. The number of carbonyl (C=O) groups is 1. The zero-order chi connectivity index (χ0) is 24.0. The first-order chi connectivity index (χ1) is 15.8. The summed E-state index contributed by atoms with van der Waals surface area (Å²) in [6, 6.07) is 12.8. The predicted molar refractivity (Wildman–Crippen MR) is 135 cm³/mol. The molecular formula is C24H32N4O3S2. The molecule has 178 valence electrons. The van der Waals surface area contributed by atoms with Gasteiger partial charge in [-0.05, 0) is 43.0 Å². The van der Waals surface area contributed by atoms with E-state index in [1.54, 1.807) is 23.9 Å². The number of fused-ring (bicyclic) bond motifs is 1. The molecule has 0 aliphatic heterocycles. The van der Waals surface area contributed by atoms with E-state index in [0.29, 0.717) is 31.4 Å². The summed E-state index contributed by atoms with van der Waals surface area (Å²) in [5.74, 6) is 0.717. The number of amides is 1. The number of nitrogens with zero attached hydrogens (tertiary/aromatic N) is 3. The van der Waals surface area contributed by atoms with Gasteiger partial charge < -0.3 is 9.88 Å². The van der Waals surface area contributed by atoms with Crippen LogP contribution in [0.4, 0.5) is 5.69 Å². The van der Waals surface area contributed by atoms with Crippen molar-refractivity contribution in [2.75, 3.05) is 24.7 Å². The zero-order valence-electron chi connectivity index (χ0n) is 19.7. The van der Waals surface area contributed by atoms with Crippen LogP contribution in [0.5, 0.6) is 0 Å². The summed E-state index contributed by atoms with van der Waals surface area (Å²) in [6.07, 6.45) is 3.65. The Kier molecular flexibility index (Phi) is 8.56. The fraction of sp³-hybridized carbons (Fsp3) is 0.417. The second kappa shape index (κ2) is 11.2. The number of hydrogen-bond donors (Lipinski definition) is 1. The van der Waals surface area contributed by atoms with Gasteiger partial charge in [0.1, 0.15) is 5.82 Å². The highest BCUT2D eigenvalue weighted by Gasteiger charge is 2.23. The molecule has 9 heteroatoms. The number of anilines is 1. The number of para-hydroxylation sites is 1. The molecule has 1 N–H and O–H groups in total. The number of carbonyl (C=O) groups excluding carboxylic acids is 1. The summed E-state index contributed by atoms with van der Waals surface area (Å²) < 4.78 is 29.4. The van der Waals surface area contributed by atoms with Crippen LogP contribution in [-0.4, -0.2) is 47.5 Å². The van der Waals surface area contributed by atoms with E-state index >= 15 is 0 Å². The number of aryl methyl sites for hydroxylation is 2. The molecule has 1 aromatic heterocycles. The maximum Gasteiger partial charge on any atom is 0.243 e. The number of aromatic nitrogens is 2. The molecule has 0 saturated carbocycles. The number of hydrogen-bond acceptors (Lipinski definition) is 5. The minimum Gasteiger partial charge on any atom is -0.328 e. The summed E-state index contributed by atoms with van der Waals surface area (Å²) in [5, 5.41) is 2.99. The quantitative estimate of drug-likeness (QED) is 0.393. The molecule has 33 heavy (non-hydrogen) atoms. The normalized spacial score (nSPS) is 11.9. The Labute approximate surface area is 200 Å². The van der Waals surface area contributed by atoms with E-state index in [4.69, 9.17) is 4.98 Å². The number of benzene rings is 2. The number of imidazole rings is 1. The lowest BCUT2D eigenvalue weighted by molar-refractivity contribution is -0.116. The number of thioether (sulfide) groups is 1. The Bertz CT molecular complexity index is 1220. The van der Waals surface area contributed by atoms with E-state index < -0.39 is 10.0 Å².